The first-order valence-electron chi connectivity index (χ1n) is 5.63. The largest absolute Gasteiger partial charge is 0.381 e. The minimum atomic E-state index is -0.304. The monoisotopic (exact) mass is 209 g/mol. The predicted octanol–water partition coefficient (Wildman–Crippen LogP) is 1.73. The molecule has 1 unspecified atom stereocenters. The third-order valence-corrected chi connectivity index (χ3v) is 4.04. The summed E-state index contributed by atoms with van der Waals surface area (Å²) in [5, 5.41) is 4.14. The van der Waals surface area contributed by atoms with Crippen molar-refractivity contribution in [3.05, 3.63) is 11.5 Å². The van der Waals surface area contributed by atoms with Crippen LogP contribution in [0, 0.1) is 23.6 Å². The van der Waals surface area contributed by atoms with E-state index in [0.29, 0.717) is 11.6 Å². The molecule has 0 aliphatic heterocycles. The van der Waals surface area contributed by atoms with Crippen LogP contribution in [0.25, 0.3) is 0 Å². The minimum absolute atomic E-state index is 0.162. The average molecular weight is 209 g/mol. The molecule has 1 heterocycles. The summed E-state index contributed by atoms with van der Waals surface area (Å²) >= 11 is 0. The quantitative estimate of drug-likeness (QED) is 0.806. The number of hydrogen-bond acceptors (Lipinski definition) is 2. The van der Waals surface area contributed by atoms with Crippen molar-refractivity contribution in [3.8, 4) is 0 Å². The van der Waals surface area contributed by atoms with Crippen molar-refractivity contribution < 1.29 is 4.39 Å². The Bertz CT molecular complexity index is 399. The fourth-order valence-electron chi connectivity index (χ4n) is 3.02. The molecule has 0 bridgehead atoms. The number of nitrogens with zero attached hydrogens (tertiary/aromatic N) is 2. The van der Waals surface area contributed by atoms with E-state index in [1.165, 1.54) is 23.9 Å². The summed E-state index contributed by atoms with van der Waals surface area (Å²) in [6.07, 6.45) is 4.71. The zero-order valence-electron chi connectivity index (χ0n) is 8.91. The zero-order valence-corrected chi connectivity index (χ0v) is 8.91. The van der Waals surface area contributed by atoms with Gasteiger partial charge in [-0.3, -0.25) is 4.68 Å². The highest BCUT2D eigenvalue weighted by Crippen LogP contribution is 2.56. The van der Waals surface area contributed by atoms with Crippen LogP contribution >= 0.6 is 0 Å². The molecule has 1 aromatic heterocycles. The van der Waals surface area contributed by atoms with Crippen LogP contribution in [0.3, 0.4) is 0 Å². The maximum Gasteiger partial charge on any atom is 0.188 e. The summed E-state index contributed by atoms with van der Waals surface area (Å²) in [4.78, 5) is 0. The molecule has 2 N–H and O–H groups in total. The van der Waals surface area contributed by atoms with Gasteiger partial charge in [0.25, 0.3) is 0 Å². The van der Waals surface area contributed by atoms with Gasteiger partial charge in [-0.15, -0.1) is 0 Å². The molecule has 15 heavy (non-hydrogen) atoms. The number of aromatic nitrogens is 2. The van der Waals surface area contributed by atoms with E-state index in [4.69, 9.17) is 5.73 Å². The normalized spacial score (nSPS) is 33.1. The average Bonchev–Trinajstić information content (AvgIpc) is 2.85. The molecule has 0 saturated heterocycles. The van der Waals surface area contributed by atoms with Gasteiger partial charge in [-0.25, -0.2) is 4.39 Å². The number of rotatable bonds is 2. The van der Waals surface area contributed by atoms with Crippen LogP contribution in [-0.4, -0.2) is 9.78 Å². The molecule has 0 radical (unpaired) electrons. The number of halogens is 1. The van der Waals surface area contributed by atoms with Gasteiger partial charge in [0.05, 0.1) is 0 Å². The van der Waals surface area contributed by atoms with E-state index >= 15 is 0 Å². The van der Waals surface area contributed by atoms with E-state index in [-0.39, 0.29) is 11.6 Å². The van der Waals surface area contributed by atoms with E-state index in [9.17, 15) is 4.39 Å². The van der Waals surface area contributed by atoms with Crippen LogP contribution in [-0.2, 0) is 13.5 Å². The first kappa shape index (κ1) is 9.19. The van der Waals surface area contributed by atoms with Crippen molar-refractivity contribution in [2.45, 2.75) is 25.7 Å². The van der Waals surface area contributed by atoms with Crippen molar-refractivity contribution in [2.24, 2.45) is 24.8 Å². The summed E-state index contributed by atoms with van der Waals surface area (Å²) in [7, 11) is 1.69. The Kier molecular flexibility index (Phi) is 1.82. The molecule has 3 nitrogen and oxygen atoms in total. The Morgan fingerprint density at radius 3 is 2.80 bits per heavy atom. The lowest BCUT2D eigenvalue weighted by molar-refractivity contribution is 0.459. The number of fused-ring (bicyclic) bond motifs is 1. The fraction of sp³-hybridized carbons (Fsp3) is 0.727. The molecule has 0 aromatic carbocycles. The van der Waals surface area contributed by atoms with Gasteiger partial charge in [0.2, 0.25) is 0 Å². The summed E-state index contributed by atoms with van der Waals surface area (Å²) in [5.41, 5.74) is 6.11. The van der Waals surface area contributed by atoms with E-state index in [1.807, 2.05) is 0 Å². The van der Waals surface area contributed by atoms with E-state index in [1.54, 1.807) is 7.05 Å². The topological polar surface area (TPSA) is 43.8 Å². The second kappa shape index (κ2) is 2.97. The lowest BCUT2D eigenvalue weighted by Gasteiger charge is -2.08. The number of anilines is 1. The summed E-state index contributed by atoms with van der Waals surface area (Å²) in [5.74, 6) is 2.31. The van der Waals surface area contributed by atoms with E-state index in [0.717, 1.165) is 18.3 Å². The smallest absolute Gasteiger partial charge is 0.188 e. The molecule has 82 valence electrons. The molecule has 0 amide bonds. The second-order valence-corrected chi connectivity index (χ2v) is 4.97. The maximum atomic E-state index is 13.6. The summed E-state index contributed by atoms with van der Waals surface area (Å²) < 4.78 is 15.0. The Morgan fingerprint density at radius 2 is 2.33 bits per heavy atom. The number of nitrogens with two attached hydrogens (primary N) is 1. The van der Waals surface area contributed by atoms with Gasteiger partial charge in [0.15, 0.2) is 11.6 Å². The van der Waals surface area contributed by atoms with Crippen molar-refractivity contribution in [1.29, 1.82) is 0 Å². The van der Waals surface area contributed by atoms with Crippen LogP contribution in [0.15, 0.2) is 0 Å². The second-order valence-electron chi connectivity index (χ2n) is 4.97. The molecule has 2 fully saturated rings. The Hall–Kier alpha value is -1.06. The van der Waals surface area contributed by atoms with Crippen LogP contribution in [0.4, 0.5) is 10.2 Å². The highest BCUT2D eigenvalue weighted by atomic mass is 19.1. The highest BCUT2D eigenvalue weighted by Gasteiger charge is 2.48. The van der Waals surface area contributed by atoms with Gasteiger partial charge in [0, 0.05) is 7.05 Å². The van der Waals surface area contributed by atoms with Gasteiger partial charge in [-0.1, -0.05) is 0 Å². The third kappa shape index (κ3) is 1.34. The molecule has 4 heteroatoms. The molecule has 3 rings (SSSR count). The van der Waals surface area contributed by atoms with Crippen molar-refractivity contribution in [3.63, 3.8) is 0 Å². The SMILES string of the molecule is Cn1nc(CC2CC[C@@H]3C[C@H]23)c(F)c1N. The van der Waals surface area contributed by atoms with Crippen molar-refractivity contribution >= 4 is 5.82 Å². The van der Waals surface area contributed by atoms with Gasteiger partial charge >= 0.3 is 0 Å². The lowest BCUT2D eigenvalue weighted by Crippen LogP contribution is -2.05. The molecular formula is C11H16FN3. The first-order valence-corrected chi connectivity index (χ1v) is 5.63. The van der Waals surface area contributed by atoms with Crippen molar-refractivity contribution in [2.75, 3.05) is 5.73 Å². The maximum absolute atomic E-state index is 13.6. The van der Waals surface area contributed by atoms with Gasteiger partial charge in [-0.05, 0) is 43.4 Å². The van der Waals surface area contributed by atoms with Crippen LogP contribution in [0.1, 0.15) is 25.0 Å². The highest BCUT2D eigenvalue weighted by molar-refractivity contribution is 5.33. The minimum Gasteiger partial charge on any atom is -0.381 e. The summed E-state index contributed by atoms with van der Waals surface area (Å²) in [6, 6.07) is 0. The molecule has 0 spiro atoms. The fourth-order valence-corrected chi connectivity index (χ4v) is 3.02. The Balaban J connectivity index is 1.78. The standard InChI is InChI=1S/C11H16FN3/c1-15-11(13)10(12)9(14-15)5-7-3-2-6-4-8(6)7/h6-8H,2-5,13H2,1H3/t6-,7?,8+/m1/s1. The van der Waals surface area contributed by atoms with Gasteiger partial charge < -0.3 is 5.73 Å². The molecule has 2 aliphatic carbocycles. The molecule has 1 aromatic rings. The number of hydrogen-bond donors (Lipinski definition) is 1. The third-order valence-electron chi connectivity index (χ3n) is 4.04. The molecule has 2 saturated carbocycles. The molecular weight excluding hydrogens is 193 g/mol. The number of aryl methyl sites for hydroxylation is 1. The van der Waals surface area contributed by atoms with Gasteiger partial charge in [0.1, 0.15) is 5.69 Å². The van der Waals surface area contributed by atoms with Gasteiger partial charge in [-0.2, -0.15) is 5.10 Å². The first-order chi connectivity index (χ1) is 7.16. The van der Waals surface area contributed by atoms with E-state index < -0.39 is 0 Å². The summed E-state index contributed by atoms with van der Waals surface area (Å²) in [6.45, 7) is 0. The van der Waals surface area contributed by atoms with Crippen molar-refractivity contribution in [1.82, 2.24) is 9.78 Å². The predicted molar refractivity (Wildman–Crippen MR) is 55.6 cm³/mol. The molecule has 2 aliphatic rings. The lowest BCUT2D eigenvalue weighted by atomic mass is 9.97. The molecule has 3 atom stereocenters. The van der Waals surface area contributed by atoms with E-state index in [2.05, 4.69) is 5.10 Å². The Morgan fingerprint density at radius 1 is 1.53 bits per heavy atom. The van der Waals surface area contributed by atoms with Crippen LogP contribution < -0.4 is 5.73 Å². The zero-order chi connectivity index (χ0) is 10.6. The van der Waals surface area contributed by atoms with Crippen LogP contribution in [0.5, 0.6) is 0 Å². The Labute approximate surface area is 88.5 Å². The number of nitrogen functional groups attached to an aromatic ring is 1. The van der Waals surface area contributed by atoms with Crippen LogP contribution in [0.2, 0.25) is 0 Å².